The van der Waals surface area contributed by atoms with Crippen molar-refractivity contribution in [2.45, 2.75) is 31.7 Å². The van der Waals surface area contributed by atoms with Crippen molar-refractivity contribution in [1.82, 2.24) is 4.98 Å². The Morgan fingerprint density at radius 2 is 2.28 bits per heavy atom. The fourth-order valence-corrected chi connectivity index (χ4v) is 2.53. The van der Waals surface area contributed by atoms with Crippen LogP contribution in [0.1, 0.15) is 25.7 Å². The van der Waals surface area contributed by atoms with E-state index in [2.05, 4.69) is 10.3 Å². The summed E-state index contributed by atoms with van der Waals surface area (Å²) in [5.41, 5.74) is 6.33. The molecule has 0 amide bonds. The van der Waals surface area contributed by atoms with Gasteiger partial charge in [-0.3, -0.25) is 15.1 Å². The molecule has 1 aliphatic rings. The van der Waals surface area contributed by atoms with Crippen molar-refractivity contribution >= 4 is 11.4 Å². The number of hydrogen-bond donors (Lipinski definition) is 2. The first-order valence-electron chi connectivity index (χ1n) is 6.27. The van der Waals surface area contributed by atoms with E-state index in [1.54, 1.807) is 12.3 Å². The first-order chi connectivity index (χ1) is 8.72. The second kappa shape index (κ2) is 5.77. The predicted molar refractivity (Wildman–Crippen MR) is 69.3 cm³/mol. The molecule has 1 saturated carbocycles. The Bertz CT molecular complexity index is 424. The maximum Gasteiger partial charge on any atom is 0.310 e. The molecule has 1 fully saturated rings. The SMILES string of the molecule is NCC1CCCCC1Nc1ccncc1[N+](=O)[O-]. The van der Waals surface area contributed by atoms with E-state index >= 15 is 0 Å². The minimum Gasteiger partial charge on any atom is -0.376 e. The standard InChI is InChI=1S/C12H18N4O2/c13-7-9-3-1-2-4-10(9)15-11-5-6-14-8-12(11)16(17)18/h5-6,8-10H,1-4,7,13H2,(H,14,15). The van der Waals surface area contributed by atoms with Crippen molar-refractivity contribution in [1.29, 1.82) is 0 Å². The van der Waals surface area contributed by atoms with Gasteiger partial charge in [-0.2, -0.15) is 0 Å². The molecule has 2 rings (SSSR count). The van der Waals surface area contributed by atoms with E-state index in [0.717, 1.165) is 19.3 Å². The molecule has 0 aromatic carbocycles. The lowest BCUT2D eigenvalue weighted by atomic mass is 9.84. The van der Waals surface area contributed by atoms with Gasteiger partial charge in [-0.05, 0) is 31.4 Å². The maximum atomic E-state index is 10.9. The Labute approximate surface area is 106 Å². The van der Waals surface area contributed by atoms with Crippen LogP contribution in [0.15, 0.2) is 18.5 Å². The average Bonchev–Trinajstić information content (AvgIpc) is 2.40. The van der Waals surface area contributed by atoms with Crippen LogP contribution in [0.5, 0.6) is 0 Å². The molecule has 1 aliphatic carbocycles. The number of nitrogens with two attached hydrogens (primary N) is 1. The minimum atomic E-state index is -0.407. The number of nitrogens with one attached hydrogen (secondary N) is 1. The summed E-state index contributed by atoms with van der Waals surface area (Å²) in [5.74, 6) is 0.395. The van der Waals surface area contributed by atoms with Crippen molar-refractivity contribution in [2.75, 3.05) is 11.9 Å². The van der Waals surface area contributed by atoms with Gasteiger partial charge in [0, 0.05) is 12.2 Å². The molecule has 0 bridgehead atoms. The van der Waals surface area contributed by atoms with Crippen LogP contribution < -0.4 is 11.1 Å². The number of pyridine rings is 1. The molecule has 2 atom stereocenters. The van der Waals surface area contributed by atoms with Gasteiger partial charge in [0.05, 0.1) is 4.92 Å². The molecule has 0 spiro atoms. The molecule has 0 aliphatic heterocycles. The van der Waals surface area contributed by atoms with Gasteiger partial charge in [0.1, 0.15) is 11.9 Å². The van der Waals surface area contributed by atoms with Gasteiger partial charge in [-0.25, -0.2) is 0 Å². The number of nitro groups is 1. The van der Waals surface area contributed by atoms with Crippen molar-refractivity contribution in [2.24, 2.45) is 11.7 Å². The fraction of sp³-hybridized carbons (Fsp3) is 0.583. The molecule has 0 saturated heterocycles. The molecule has 18 heavy (non-hydrogen) atoms. The van der Waals surface area contributed by atoms with E-state index in [0.29, 0.717) is 18.2 Å². The van der Waals surface area contributed by atoms with Gasteiger partial charge < -0.3 is 11.1 Å². The third-order valence-electron chi connectivity index (χ3n) is 3.55. The first-order valence-corrected chi connectivity index (χ1v) is 6.27. The smallest absolute Gasteiger partial charge is 0.310 e. The molecule has 1 aromatic heterocycles. The number of aromatic nitrogens is 1. The number of nitrogens with zero attached hydrogens (tertiary/aromatic N) is 2. The lowest BCUT2D eigenvalue weighted by Gasteiger charge is -2.31. The van der Waals surface area contributed by atoms with Crippen molar-refractivity contribution < 1.29 is 4.92 Å². The molecular weight excluding hydrogens is 232 g/mol. The summed E-state index contributed by atoms with van der Waals surface area (Å²) in [4.78, 5) is 14.3. The second-order valence-electron chi connectivity index (χ2n) is 4.68. The van der Waals surface area contributed by atoms with Crippen LogP contribution in [0, 0.1) is 16.0 Å². The maximum absolute atomic E-state index is 10.9. The summed E-state index contributed by atoms with van der Waals surface area (Å²) in [6.07, 6.45) is 7.29. The molecule has 6 nitrogen and oxygen atoms in total. The number of rotatable bonds is 4. The van der Waals surface area contributed by atoms with Gasteiger partial charge >= 0.3 is 5.69 Å². The average molecular weight is 250 g/mol. The third kappa shape index (κ3) is 2.76. The van der Waals surface area contributed by atoms with Crippen LogP contribution in [0.25, 0.3) is 0 Å². The molecule has 3 N–H and O–H groups in total. The molecular formula is C12H18N4O2. The van der Waals surface area contributed by atoms with Gasteiger partial charge in [-0.15, -0.1) is 0 Å². The van der Waals surface area contributed by atoms with Crippen LogP contribution in [0.2, 0.25) is 0 Å². The van der Waals surface area contributed by atoms with Gasteiger partial charge in [0.2, 0.25) is 0 Å². The Morgan fingerprint density at radius 1 is 1.50 bits per heavy atom. The quantitative estimate of drug-likeness (QED) is 0.629. The predicted octanol–water partition coefficient (Wildman–Crippen LogP) is 1.92. The van der Waals surface area contributed by atoms with E-state index < -0.39 is 4.92 Å². The van der Waals surface area contributed by atoms with E-state index in [9.17, 15) is 10.1 Å². The Morgan fingerprint density at radius 3 is 3.00 bits per heavy atom. The zero-order valence-corrected chi connectivity index (χ0v) is 10.2. The molecule has 0 radical (unpaired) electrons. The lowest BCUT2D eigenvalue weighted by molar-refractivity contribution is -0.384. The molecule has 1 aromatic rings. The van der Waals surface area contributed by atoms with Crippen LogP contribution in [0.4, 0.5) is 11.4 Å². The summed E-state index contributed by atoms with van der Waals surface area (Å²) < 4.78 is 0. The molecule has 98 valence electrons. The molecule has 2 unspecified atom stereocenters. The summed E-state index contributed by atoms with van der Waals surface area (Å²) in [5, 5.41) is 14.2. The summed E-state index contributed by atoms with van der Waals surface area (Å²) >= 11 is 0. The van der Waals surface area contributed by atoms with E-state index in [1.165, 1.54) is 12.6 Å². The highest BCUT2D eigenvalue weighted by molar-refractivity contribution is 5.60. The van der Waals surface area contributed by atoms with E-state index in [4.69, 9.17) is 5.73 Å². The van der Waals surface area contributed by atoms with E-state index in [1.807, 2.05) is 0 Å². The number of anilines is 1. The van der Waals surface area contributed by atoms with Crippen molar-refractivity contribution in [3.63, 3.8) is 0 Å². The third-order valence-corrected chi connectivity index (χ3v) is 3.55. The summed E-state index contributed by atoms with van der Waals surface area (Å²) in [6, 6.07) is 1.88. The van der Waals surface area contributed by atoms with Gasteiger partial charge in [-0.1, -0.05) is 12.8 Å². The van der Waals surface area contributed by atoms with Crippen molar-refractivity contribution in [3.8, 4) is 0 Å². The minimum absolute atomic E-state index is 0.0267. The van der Waals surface area contributed by atoms with Crippen molar-refractivity contribution in [3.05, 3.63) is 28.6 Å². The van der Waals surface area contributed by atoms with Gasteiger partial charge in [0.15, 0.2) is 0 Å². The second-order valence-corrected chi connectivity index (χ2v) is 4.68. The Kier molecular flexibility index (Phi) is 4.09. The zero-order valence-electron chi connectivity index (χ0n) is 10.2. The lowest BCUT2D eigenvalue weighted by Crippen LogP contribution is -2.36. The largest absolute Gasteiger partial charge is 0.376 e. The fourth-order valence-electron chi connectivity index (χ4n) is 2.53. The zero-order chi connectivity index (χ0) is 13.0. The molecule has 1 heterocycles. The normalized spacial score (nSPS) is 23.6. The summed E-state index contributed by atoms with van der Waals surface area (Å²) in [6.45, 7) is 0.622. The van der Waals surface area contributed by atoms with Crippen LogP contribution >= 0.6 is 0 Å². The van der Waals surface area contributed by atoms with Crippen LogP contribution in [-0.4, -0.2) is 22.5 Å². The Hall–Kier alpha value is -1.69. The monoisotopic (exact) mass is 250 g/mol. The first kappa shape index (κ1) is 12.8. The van der Waals surface area contributed by atoms with Crippen LogP contribution in [0.3, 0.4) is 0 Å². The highest BCUT2D eigenvalue weighted by atomic mass is 16.6. The van der Waals surface area contributed by atoms with Crippen LogP contribution in [-0.2, 0) is 0 Å². The van der Waals surface area contributed by atoms with E-state index in [-0.39, 0.29) is 11.7 Å². The van der Waals surface area contributed by atoms with Gasteiger partial charge in [0.25, 0.3) is 0 Å². The Balaban J connectivity index is 2.15. The highest BCUT2D eigenvalue weighted by Gasteiger charge is 2.25. The molecule has 6 heteroatoms. The topological polar surface area (TPSA) is 94.1 Å². The number of hydrogen-bond acceptors (Lipinski definition) is 5. The highest BCUT2D eigenvalue weighted by Crippen LogP contribution is 2.29. The summed E-state index contributed by atoms with van der Waals surface area (Å²) in [7, 11) is 0.